The van der Waals surface area contributed by atoms with Crippen LogP contribution in [0.25, 0.3) is 0 Å². The number of benzene rings is 3. The average molecular weight is 538 g/mol. The predicted molar refractivity (Wildman–Crippen MR) is 114 cm³/mol. The first-order valence-corrected chi connectivity index (χ1v) is 11.3. The van der Waals surface area contributed by atoms with Gasteiger partial charge in [0.05, 0.1) is 10.5 Å². The lowest BCUT2D eigenvalue weighted by Crippen LogP contribution is -2.56. The number of alkyl halides is 6. The van der Waals surface area contributed by atoms with Gasteiger partial charge < -0.3 is 4.74 Å². The number of hydrogen-bond acceptors (Lipinski definition) is 4. The summed E-state index contributed by atoms with van der Waals surface area (Å²) < 4.78 is 115. The van der Waals surface area contributed by atoms with Gasteiger partial charge in [0.2, 0.25) is 0 Å². The minimum Gasteiger partial charge on any atom is -0.431 e. The topological polar surface area (TPSA) is 72.5 Å². The summed E-state index contributed by atoms with van der Waals surface area (Å²) in [7, 11) is -4.17. The Morgan fingerprint density at radius 2 is 1.29 bits per heavy atom. The van der Waals surface area contributed by atoms with E-state index in [4.69, 9.17) is 11.6 Å². The Balaban J connectivity index is 2.02. The van der Waals surface area contributed by atoms with Crippen LogP contribution < -0.4 is 4.72 Å². The Hall–Kier alpha value is -3.25. The minimum atomic E-state index is -6.13. The maximum atomic E-state index is 14.0. The van der Waals surface area contributed by atoms with Crippen molar-refractivity contribution in [1.29, 1.82) is 0 Å². The van der Waals surface area contributed by atoms with Crippen LogP contribution in [0.3, 0.4) is 0 Å². The van der Waals surface area contributed by atoms with Crippen LogP contribution in [0, 0.1) is 0 Å². The first kappa shape index (κ1) is 26.4. The van der Waals surface area contributed by atoms with Gasteiger partial charge in [0, 0.05) is 16.3 Å². The van der Waals surface area contributed by atoms with Gasteiger partial charge in [-0.2, -0.15) is 26.3 Å². The molecule has 0 spiro atoms. The Kier molecular flexibility index (Phi) is 7.09. The van der Waals surface area contributed by atoms with Crippen molar-refractivity contribution in [3.63, 3.8) is 0 Å². The molecule has 0 unspecified atom stereocenters. The van der Waals surface area contributed by atoms with Crippen LogP contribution >= 0.6 is 11.6 Å². The van der Waals surface area contributed by atoms with Gasteiger partial charge in [-0.3, -0.25) is 4.72 Å². The number of anilines is 1. The highest BCUT2D eigenvalue weighted by Gasteiger charge is 2.75. The van der Waals surface area contributed by atoms with Gasteiger partial charge in [-0.1, -0.05) is 41.9 Å². The molecule has 0 saturated heterocycles. The third kappa shape index (κ3) is 5.38. The first-order valence-electron chi connectivity index (χ1n) is 9.48. The monoisotopic (exact) mass is 537 g/mol. The zero-order chi connectivity index (χ0) is 26.1. The molecule has 5 nitrogen and oxygen atoms in total. The van der Waals surface area contributed by atoms with E-state index in [0.29, 0.717) is 24.3 Å². The molecule has 0 amide bonds. The van der Waals surface area contributed by atoms with Gasteiger partial charge in [-0.25, -0.2) is 13.2 Å². The lowest BCUT2D eigenvalue weighted by Gasteiger charge is -2.36. The molecule has 0 radical (unpaired) electrons. The molecule has 3 aromatic rings. The Morgan fingerprint density at radius 3 is 1.77 bits per heavy atom. The number of nitrogens with one attached hydrogen (secondary N) is 1. The Bertz CT molecular complexity index is 1280. The molecule has 3 rings (SSSR count). The third-order valence-corrected chi connectivity index (χ3v) is 6.37. The molecular formula is C22H14ClF6NO4S. The van der Waals surface area contributed by atoms with E-state index in [1.54, 1.807) is 6.07 Å². The molecule has 0 heterocycles. The number of sulfonamides is 1. The van der Waals surface area contributed by atoms with E-state index in [1.165, 1.54) is 24.3 Å². The van der Waals surface area contributed by atoms with Gasteiger partial charge in [-0.15, -0.1) is 0 Å². The maximum Gasteiger partial charge on any atom is 0.442 e. The van der Waals surface area contributed by atoms with Crippen LogP contribution in [-0.4, -0.2) is 26.7 Å². The van der Waals surface area contributed by atoms with Crippen LogP contribution in [0.2, 0.25) is 5.02 Å². The van der Waals surface area contributed by atoms with Crippen molar-refractivity contribution in [2.75, 3.05) is 4.72 Å². The van der Waals surface area contributed by atoms with Crippen LogP contribution in [-0.2, 0) is 20.4 Å². The fourth-order valence-electron chi connectivity index (χ4n) is 3.03. The maximum absolute atomic E-state index is 14.0. The molecule has 0 aliphatic heterocycles. The normalized spacial score (nSPS) is 12.8. The quantitative estimate of drug-likeness (QED) is 0.295. The first-order chi connectivity index (χ1) is 16.2. The fraction of sp³-hybridized carbons (Fsp3) is 0.136. The average Bonchev–Trinajstić information content (AvgIpc) is 2.77. The van der Waals surface area contributed by atoms with Crippen molar-refractivity contribution in [3.05, 3.63) is 95.0 Å². The molecule has 3 aromatic carbocycles. The summed E-state index contributed by atoms with van der Waals surface area (Å²) in [6.45, 7) is 0. The molecule has 0 aliphatic rings. The van der Waals surface area contributed by atoms with Crippen LogP contribution in [0.4, 0.5) is 32.0 Å². The number of carbonyl (C=O) groups excluding carboxylic acids is 1. The second-order valence-corrected chi connectivity index (χ2v) is 9.19. The van der Waals surface area contributed by atoms with Crippen molar-refractivity contribution in [2.24, 2.45) is 0 Å². The summed E-state index contributed by atoms with van der Waals surface area (Å²) in [5, 5.41) is 0.0907. The largest absolute Gasteiger partial charge is 0.442 e. The van der Waals surface area contributed by atoms with E-state index >= 15 is 0 Å². The zero-order valence-corrected chi connectivity index (χ0v) is 18.8. The van der Waals surface area contributed by atoms with Crippen LogP contribution in [0.5, 0.6) is 0 Å². The zero-order valence-electron chi connectivity index (χ0n) is 17.2. The molecule has 0 saturated carbocycles. The lowest BCUT2D eigenvalue weighted by atomic mass is 9.91. The van der Waals surface area contributed by atoms with Gasteiger partial charge in [0.1, 0.15) is 0 Å². The summed E-state index contributed by atoms with van der Waals surface area (Å²) in [5.41, 5.74) is -7.44. The molecule has 0 bridgehead atoms. The summed E-state index contributed by atoms with van der Waals surface area (Å²) in [6.07, 6.45) is -12.3. The van der Waals surface area contributed by atoms with E-state index in [9.17, 15) is 39.6 Å². The lowest BCUT2D eigenvalue weighted by molar-refractivity contribution is -0.373. The second kappa shape index (κ2) is 9.42. The highest BCUT2D eigenvalue weighted by atomic mass is 35.5. The second-order valence-electron chi connectivity index (χ2n) is 7.07. The molecule has 186 valence electrons. The van der Waals surface area contributed by atoms with Crippen molar-refractivity contribution in [1.82, 2.24) is 0 Å². The highest BCUT2D eigenvalue weighted by Crippen LogP contribution is 2.53. The minimum absolute atomic E-state index is 0.0907. The molecule has 0 fully saturated rings. The number of halogens is 7. The summed E-state index contributed by atoms with van der Waals surface area (Å²) in [4.78, 5) is 12.1. The van der Waals surface area contributed by atoms with Crippen molar-refractivity contribution < 1.29 is 44.3 Å². The van der Waals surface area contributed by atoms with Gasteiger partial charge >= 0.3 is 23.9 Å². The third-order valence-electron chi connectivity index (χ3n) is 4.72. The molecule has 1 N–H and O–H groups in total. The Morgan fingerprint density at radius 1 is 0.771 bits per heavy atom. The SMILES string of the molecule is O=C(OC(c1ccc(NS(=O)(=O)c2ccccc2)cc1)(C(F)(F)F)C(F)(F)F)c1ccc(Cl)cc1. The van der Waals surface area contributed by atoms with E-state index in [0.717, 1.165) is 24.3 Å². The van der Waals surface area contributed by atoms with E-state index in [-0.39, 0.29) is 15.6 Å². The van der Waals surface area contributed by atoms with Crippen LogP contribution in [0.1, 0.15) is 15.9 Å². The van der Waals surface area contributed by atoms with Gasteiger partial charge in [0.25, 0.3) is 10.0 Å². The van der Waals surface area contributed by atoms with E-state index < -0.39 is 45.1 Å². The van der Waals surface area contributed by atoms with E-state index in [2.05, 4.69) is 9.46 Å². The van der Waals surface area contributed by atoms with Crippen LogP contribution in [0.15, 0.2) is 83.8 Å². The molecule has 35 heavy (non-hydrogen) atoms. The van der Waals surface area contributed by atoms with Gasteiger partial charge in [0.15, 0.2) is 0 Å². The summed E-state index contributed by atoms with van der Waals surface area (Å²) in [5.74, 6) is -1.90. The number of hydrogen-bond donors (Lipinski definition) is 1. The number of carbonyl (C=O) groups is 1. The summed E-state index contributed by atoms with van der Waals surface area (Å²) in [6, 6.07) is 13.0. The molecule has 13 heteroatoms. The standard InChI is InChI=1S/C22H14ClF6NO4S/c23-16-10-6-14(7-11-16)19(31)34-20(21(24,25)26,22(27,28)29)15-8-12-17(13-9-15)30-35(32,33)18-4-2-1-3-5-18/h1-13,30H. The molecular weight excluding hydrogens is 524 g/mol. The predicted octanol–water partition coefficient (Wildman–Crippen LogP) is 6.32. The van der Waals surface area contributed by atoms with Crippen molar-refractivity contribution in [2.45, 2.75) is 22.8 Å². The smallest absolute Gasteiger partial charge is 0.431 e. The fourth-order valence-corrected chi connectivity index (χ4v) is 4.24. The molecule has 0 atom stereocenters. The number of esters is 1. The Labute approximate surface area is 200 Å². The van der Waals surface area contributed by atoms with Crippen molar-refractivity contribution >= 4 is 33.3 Å². The van der Waals surface area contributed by atoms with Crippen molar-refractivity contribution in [3.8, 4) is 0 Å². The highest BCUT2D eigenvalue weighted by molar-refractivity contribution is 7.92. The number of ether oxygens (including phenoxy) is 1. The number of rotatable bonds is 6. The van der Waals surface area contributed by atoms with Gasteiger partial charge in [-0.05, 0) is 48.5 Å². The molecule has 0 aromatic heterocycles. The van der Waals surface area contributed by atoms with E-state index in [1.807, 2.05) is 0 Å². The summed E-state index contributed by atoms with van der Waals surface area (Å²) >= 11 is 5.63. The molecule has 0 aliphatic carbocycles.